The Morgan fingerprint density at radius 3 is 2.17 bits per heavy atom. The summed E-state index contributed by atoms with van der Waals surface area (Å²) in [4.78, 5) is 64.7. The highest BCUT2D eigenvalue weighted by molar-refractivity contribution is 5.94. The summed E-state index contributed by atoms with van der Waals surface area (Å²) in [7, 11) is 0. The first kappa shape index (κ1) is 29.8. The Labute approximate surface area is 230 Å². The Balaban J connectivity index is 1.73. The van der Waals surface area contributed by atoms with Crippen LogP contribution in [0.15, 0.2) is 60.8 Å². The number of hydrogen-bond donors (Lipinski definition) is 7. The molecule has 3 aromatic rings. The van der Waals surface area contributed by atoms with Crippen LogP contribution in [0.3, 0.4) is 0 Å². The molecule has 0 saturated carbocycles. The van der Waals surface area contributed by atoms with Crippen molar-refractivity contribution in [3.05, 3.63) is 71.9 Å². The van der Waals surface area contributed by atoms with Crippen molar-refractivity contribution in [3.63, 3.8) is 0 Å². The van der Waals surface area contributed by atoms with Gasteiger partial charge in [0.1, 0.15) is 18.1 Å². The van der Waals surface area contributed by atoms with Crippen LogP contribution >= 0.6 is 0 Å². The average Bonchev–Trinajstić information content (AvgIpc) is 3.33. The number of fused-ring (bicyclic) bond motifs is 1. The lowest BCUT2D eigenvalue weighted by atomic mass is 10.0. The van der Waals surface area contributed by atoms with Crippen LogP contribution < -0.4 is 27.4 Å². The zero-order chi connectivity index (χ0) is 29.2. The normalized spacial score (nSPS) is 13.9. The standard InChI is InChI=1S/C28H34N6O6/c1-16(25(36)33-22(28(39)40)11-12-24(30)35)32-27(38)23(14-18-15-31-21-10-6-5-9-19(18)21)34-26(37)20(29)13-17-7-3-2-4-8-17/h2-10,15-16,20,22-23,31H,11-14,29H2,1H3,(H2,30,35)(H,32,38)(H,33,36)(H,34,37)(H,39,40). The maximum atomic E-state index is 13.3. The summed E-state index contributed by atoms with van der Waals surface area (Å²) >= 11 is 0. The van der Waals surface area contributed by atoms with E-state index in [1.807, 2.05) is 54.6 Å². The quantitative estimate of drug-likeness (QED) is 0.147. The van der Waals surface area contributed by atoms with Crippen molar-refractivity contribution in [2.45, 2.75) is 56.8 Å². The molecule has 1 heterocycles. The summed E-state index contributed by atoms with van der Waals surface area (Å²) in [6, 6.07) is 12.2. The van der Waals surface area contributed by atoms with Gasteiger partial charge in [0, 0.05) is 29.9 Å². The number of aliphatic carboxylic acids is 1. The number of aromatic amines is 1. The SMILES string of the molecule is CC(NC(=O)C(Cc1c[nH]c2ccccc12)NC(=O)C(N)Cc1ccccc1)C(=O)NC(CCC(N)=O)C(=O)O. The number of primary amides is 1. The van der Waals surface area contributed by atoms with Crippen molar-refractivity contribution < 1.29 is 29.1 Å². The second-order valence-corrected chi connectivity index (χ2v) is 9.56. The number of nitrogens with one attached hydrogen (secondary N) is 4. The number of rotatable bonds is 14. The van der Waals surface area contributed by atoms with E-state index in [2.05, 4.69) is 20.9 Å². The predicted molar refractivity (Wildman–Crippen MR) is 148 cm³/mol. The monoisotopic (exact) mass is 550 g/mol. The fraction of sp³-hybridized carbons (Fsp3) is 0.321. The van der Waals surface area contributed by atoms with Crippen LogP contribution in [-0.2, 0) is 36.8 Å². The van der Waals surface area contributed by atoms with Gasteiger partial charge in [-0.25, -0.2) is 4.79 Å². The van der Waals surface area contributed by atoms with Crippen LogP contribution in [0.2, 0.25) is 0 Å². The van der Waals surface area contributed by atoms with E-state index < -0.39 is 53.8 Å². The molecule has 0 bridgehead atoms. The molecule has 0 aliphatic rings. The Kier molecular flexibility index (Phi) is 10.4. The lowest BCUT2D eigenvalue weighted by Crippen LogP contribution is -2.57. The number of amides is 4. The molecule has 0 aliphatic heterocycles. The molecule has 4 amide bonds. The number of para-hydroxylation sites is 1. The number of carbonyl (C=O) groups is 5. The summed E-state index contributed by atoms with van der Waals surface area (Å²) in [6.07, 6.45) is 1.67. The maximum Gasteiger partial charge on any atom is 0.326 e. The molecular weight excluding hydrogens is 516 g/mol. The molecule has 2 aromatic carbocycles. The number of aromatic nitrogens is 1. The largest absolute Gasteiger partial charge is 0.480 e. The zero-order valence-electron chi connectivity index (χ0n) is 22.1. The zero-order valence-corrected chi connectivity index (χ0v) is 22.1. The van der Waals surface area contributed by atoms with Crippen LogP contribution in [0, 0.1) is 0 Å². The summed E-state index contributed by atoms with van der Waals surface area (Å²) in [5.74, 6) is -4.02. The van der Waals surface area contributed by atoms with Gasteiger partial charge in [0.25, 0.3) is 0 Å². The van der Waals surface area contributed by atoms with Crippen molar-refractivity contribution in [2.75, 3.05) is 0 Å². The highest BCUT2D eigenvalue weighted by Gasteiger charge is 2.29. The fourth-order valence-corrected chi connectivity index (χ4v) is 4.19. The van der Waals surface area contributed by atoms with E-state index in [1.165, 1.54) is 6.92 Å². The van der Waals surface area contributed by atoms with Gasteiger partial charge in [0.15, 0.2) is 0 Å². The Hall–Kier alpha value is -4.71. The van der Waals surface area contributed by atoms with Crippen LogP contribution in [0.4, 0.5) is 0 Å². The lowest BCUT2D eigenvalue weighted by molar-refractivity contribution is -0.142. The van der Waals surface area contributed by atoms with Gasteiger partial charge < -0.3 is 37.5 Å². The van der Waals surface area contributed by atoms with Gasteiger partial charge in [-0.3, -0.25) is 19.2 Å². The Morgan fingerprint density at radius 1 is 0.850 bits per heavy atom. The molecule has 4 atom stereocenters. The first-order valence-corrected chi connectivity index (χ1v) is 12.8. The predicted octanol–water partition coefficient (Wildman–Crippen LogP) is 0.105. The number of benzene rings is 2. The van der Waals surface area contributed by atoms with Crippen LogP contribution in [0.5, 0.6) is 0 Å². The van der Waals surface area contributed by atoms with E-state index in [0.29, 0.717) is 0 Å². The van der Waals surface area contributed by atoms with E-state index in [-0.39, 0.29) is 25.7 Å². The van der Waals surface area contributed by atoms with Crippen LogP contribution in [0.25, 0.3) is 10.9 Å². The van der Waals surface area contributed by atoms with Crippen molar-refractivity contribution in [1.82, 2.24) is 20.9 Å². The highest BCUT2D eigenvalue weighted by Crippen LogP contribution is 2.19. The molecule has 212 valence electrons. The summed E-state index contributed by atoms with van der Waals surface area (Å²) in [5, 5.41) is 17.8. The first-order valence-electron chi connectivity index (χ1n) is 12.8. The van der Waals surface area contributed by atoms with E-state index in [1.54, 1.807) is 6.20 Å². The smallest absolute Gasteiger partial charge is 0.326 e. The third-order valence-electron chi connectivity index (χ3n) is 6.41. The van der Waals surface area contributed by atoms with Crippen molar-refractivity contribution >= 4 is 40.5 Å². The highest BCUT2D eigenvalue weighted by atomic mass is 16.4. The molecule has 4 unspecified atom stereocenters. The van der Waals surface area contributed by atoms with Gasteiger partial charge >= 0.3 is 5.97 Å². The number of carbonyl (C=O) groups excluding carboxylic acids is 4. The molecule has 0 spiro atoms. The lowest BCUT2D eigenvalue weighted by Gasteiger charge is -2.23. The minimum Gasteiger partial charge on any atom is -0.480 e. The van der Waals surface area contributed by atoms with Gasteiger partial charge in [-0.05, 0) is 37.0 Å². The topological polar surface area (TPSA) is 210 Å². The molecule has 0 saturated heterocycles. The van der Waals surface area contributed by atoms with E-state index in [0.717, 1.165) is 22.0 Å². The molecule has 12 nitrogen and oxygen atoms in total. The van der Waals surface area contributed by atoms with Crippen LogP contribution in [0.1, 0.15) is 30.9 Å². The van der Waals surface area contributed by atoms with Crippen molar-refractivity contribution in [1.29, 1.82) is 0 Å². The van der Waals surface area contributed by atoms with Gasteiger partial charge in [-0.15, -0.1) is 0 Å². The van der Waals surface area contributed by atoms with Gasteiger partial charge in [0.2, 0.25) is 23.6 Å². The van der Waals surface area contributed by atoms with Crippen molar-refractivity contribution in [2.24, 2.45) is 11.5 Å². The summed E-state index contributed by atoms with van der Waals surface area (Å²) in [6.45, 7) is 1.38. The number of nitrogens with two attached hydrogens (primary N) is 2. The summed E-state index contributed by atoms with van der Waals surface area (Å²) in [5.41, 5.74) is 13.7. The van der Waals surface area contributed by atoms with Crippen LogP contribution in [-0.4, -0.2) is 63.9 Å². The fourth-order valence-electron chi connectivity index (χ4n) is 4.19. The third kappa shape index (κ3) is 8.40. The van der Waals surface area contributed by atoms with E-state index >= 15 is 0 Å². The number of H-pyrrole nitrogens is 1. The first-order chi connectivity index (χ1) is 19.0. The Bertz CT molecular complexity index is 1360. The number of carboxylic acids is 1. The van der Waals surface area contributed by atoms with Gasteiger partial charge in [0.05, 0.1) is 6.04 Å². The maximum absolute atomic E-state index is 13.3. The van der Waals surface area contributed by atoms with E-state index in [4.69, 9.17) is 11.5 Å². The molecule has 0 aliphatic carbocycles. The molecule has 3 rings (SSSR count). The third-order valence-corrected chi connectivity index (χ3v) is 6.41. The second-order valence-electron chi connectivity index (χ2n) is 9.56. The molecule has 0 radical (unpaired) electrons. The number of carboxylic acid groups (broad SMARTS) is 1. The van der Waals surface area contributed by atoms with Gasteiger partial charge in [-0.1, -0.05) is 48.5 Å². The van der Waals surface area contributed by atoms with Crippen molar-refractivity contribution in [3.8, 4) is 0 Å². The molecule has 0 fully saturated rings. The minimum atomic E-state index is -1.36. The minimum absolute atomic E-state index is 0.102. The number of hydrogen-bond acceptors (Lipinski definition) is 6. The Morgan fingerprint density at radius 2 is 1.50 bits per heavy atom. The molecule has 12 heteroatoms. The summed E-state index contributed by atoms with van der Waals surface area (Å²) < 4.78 is 0. The van der Waals surface area contributed by atoms with Gasteiger partial charge in [-0.2, -0.15) is 0 Å². The molecule has 40 heavy (non-hydrogen) atoms. The molecule has 1 aromatic heterocycles. The molecule has 9 N–H and O–H groups in total. The van der Waals surface area contributed by atoms with E-state index in [9.17, 15) is 29.1 Å². The molecular formula is C28H34N6O6. The average molecular weight is 551 g/mol. The second kappa shape index (κ2) is 13.9.